The molecule has 0 fully saturated rings. The van der Waals surface area contributed by atoms with Gasteiger partial charge in [0.25, 0.3) is 5.91 Å². The number of carbonyl (C=O) groups excluding carboxylic acids is 2. The minimum Gasteiger partial charge on any atom is -0.368 e. The van der Waals surface area contributed by atoms with E-state index in [1.807, 2.05) is 30.3 Å². The lowest BCUT2D eigenvalue weighted by molar-refractivity contribution is -0.117. The molecule has 1 aromatic carbocycles. The van der Waals surface area contributed by atoms with Gasteiger partial charge in [0.15, 0.2) is 0 Å². The predicted octanol–water partition coefficient (Wildman–Crippen LogP) is 0.949. The van der Waals surface area contributed by atoms with Crippen LogP contribution in [0.1, 0.15) is 21.1 Å². The van der Waals surface area contributed by atoms with Crippen molar-refractivity contribution in [2.75, 3.05) is 6.54 Å². The summed E-state index contributed by atoms with van der Waals surface area (Å²) in [4.78, 5) is 26.4. The van der Waals surface area contributed by atoms with Gasteiger partial charge in [0.05, 0.1) is 11.6 Å². The largest absolute Gasteiger partial charge is 0.368 e. The standard InChI is InChI=1S/C13H13N3O2S/c14-11(17)7-15-13(18)10-8-19-12(16-10)6-9-4-2-1-3-5-9/h1-5,8H,6-7H2,(H2,14,17)(H,15,18). The fourth-order valence-electron chi connectivity index (χ4n) is 1.52. The summed E-state index contributed by atoms with van der Waals surface area (Å²) in [5.41, 5.74) is 6.41. The molecule has 0 aliphatic rings. The number of hydrogen-bond donors (Lipinski definition) is 2. The maximum absolute atomic E-state index is 11.6. The molecule has 0 saturated carbocycles. The van der Waals surface area contributed by atoms with E-state index in [1.165, 1.54) is 11.3 Å². The van der Waals surface area contributed by atoms with Crippen molar-refractivity contribution < 1.29 is 9.59 Å². The summed E-state index contributed by atoms with van der Waals surface area (Å²) in [5.74, 6) is -0.956. The molecule has 6 heteroatoms. The van der Waals surface area contributed by atoms with Gasteiger partial charge in [-0.2, -0.15) is 0 Å². The van der Waals surface area contributed by atoms with Gasteiger partial charge in [-0.05, 0) is 5.56 Å². The Balaban J connectivity index is 1.99. The summed E-state index contributed by atoms with van der Waals surface area (Å²) < 4.78 is 0. The van der Waals surface area contributed by atoms with E-state index in [0.717, 1.165) is 10.6 Å². The lowest BCUT2D eigenvalue weighted by Gasteiger charge is -1.99. The Bertz CT molecular complexity index is 581. The molecule has 0 saturated heterocycles. The van der Waals surface area contributed by atoms with Crippen LogP contribution in [-0.2, 0) is 11.2 Å². The van der Waals surface area contributed by atoms with E-state index in [1.54, 1.807) is 5.38 Å². The van der Waals surface area contributed by atoms with Crippen LogP contribution in [0, 0.1) is 0 Å². The van der Waals surface area contributed by atoms with Crippen molar-refractivity contribution in [2.45, 2.75) is 6.42 Å². The molecule has 5 nitrogen and oxygen atoms in total. The van der Waals surface area contributed by atoms with Crippen molar-refractivity contribution in [2.24, 2.45) is 5.73 Å². The summed E-state index contributed by atoms with van der Waals surface area (Å²) in [6.07, 6.45) is 0.689. The number of carbonyl (C=O) groups is 2. The first kappa shape index (κ1) is 13.2. The van der Waals surface area contributed by atoms with E-state index in [9.17, 15) is 9.59 Å². The molecular weight excluding hydrogens is 262 g/mol. The van der Waals surface area contributed by atoms with Crippen molar-refractivity contribution in [1.82, 2.24) is 10.3 Å². The second kappa shape index (κ2) is 6.10. The van der Waals surface area contributed by atoms with Gasteiger partial charge in [0.1, 0.15) is 5.69 Å². The van der Waals surface area contributed by atoms with Gasteiger partial charge in [-0.25, -0.2) is 4.98 Å². The highest BCUT2D eigenvalue weighted by molar-refractivity contribution is 7.09. The van der Waals surface area contributed by atoms with Crippen molar-refractivity contribution in [3.05, 3.63) is 52.0 Å². The number of benzene rings is 1. The highest BCUT2D eigenvalue weighted by Crippen LogP contribution is 2.14. The van der Waals surface area contributed by atoms with Gasteiger partial charge < -0.3 is 11.1 Å². The number of primary amides is 1. The SMILES string of the molecule is NC(=O)CNC(=O)c1csc(Cc2ccccc2)n1. The van der Waals surface area contributed by atoms with E-state index >= 15 is 0 Å². The molecule has 1 aromatic heterocycles. The Labute approximate surface area is 114 Å². The summed E-state index contributed by atoms with van der Waals surface area (Å²) in [6, 6.07) is 9.89. The predicted molar refractivity (Wildman–Crippen MR) is 72.9 cm³/mol. The maximum atomic E-state index is 11.6. The van der Waals surface area contributed by atoms with E-state index in [2.05, 4.69) is 10.3 Å². The summed E-state index contributed by atoms with van der Waals surface area (Å²) in [7, 11) is 0. The zero-order chi connectivity index (χ0) is 13.7. The highest BCUT2D eigenvalue weighted by atomic mass is 32.1. The summed E-state index contributed by atoms with van der Waals surface area (Å²) in [5, 5.41) is 4.94. The monoisotopic (exact) mass is 275 g/mol. The smallest absolute Gasteiger partial charge is 0.271 e. The Kier molecular flexibility index (Phi) is 4.25. The second-order valence-corrected chi connectivity index (χ2v) is 4.88. The number of hydrogen-bond acceptors (Lipinski definition) is 4. The highest BCUT2D eigenvalue weighted by Gasteiger charge is 2.11. The average molecular weight is 275 g/mol. The minimum atomic E-state index is -0.576. The van der Waals surface area contributed by atoms with Crippen LogP contribution in [0.2, 0.25) is 0 Å². The average Bonchev–Trinajstić information content (AvgIpc) is 2.85. The molecular formula is C13H13N3O2S. The summed E-state index contributed by atoms with van der Waals surface area (Å²) in [6.45, 7) is -0.176. The number of amides is 2. The third kappa shape index (κ3) is 3.89. The molecule has 98 valence electrons. The molecule has 0 radical (unpaired) electrons. The number of rotatable bonds is 5. The summed E-state index contributed by atoms with van der Waals surface area (Å²) >= 11 is 1.42. The number of nitrogens with zero attached hydrogens (tertiary/aromatic N) is 1. The van der Waals surface area contributed by atoms with Gasteiger partial charge in [-0.1, -0.05) is 30.3 Å². The minimum absolute atomic E-state index is 0.176. The van der Waals surface area contributed by atoms with Crippen LogP contribution >= 0.6 is 11.3 Å². The molecule has 2 amide bonds. The topological polar surface area (TPSA) is 85.1 Å². The van der Waals surface area contributed by atoms with Gasteiger partial charge >= 0.3 is 0 Å². The Morgan fingerprint density at radius 2 is 2.00 bits per heavy atom. The van der Waals surface area contributed by atoms with Gasteiger partial charge in [-0.3, -0.25) is 9.59 Å². The zero-order valence-electron chi connectivity index (χ0n) is 10.1. The number of nitrogens with two attached hydrogens (primary N) is 1. The molecule has 0 atom stereocenters. The fraction of sp³-hybridized carbons (Fsp3) is 0.154. The third-order valence-electron chi connectivity index (χ3n) is 2.41. The quantitative estimate of drug-likeness (QED) is 0.852. The number of nitrogens with one attached hydrogen (secondary N) is 1. The fourth-order valence-corrected chi connectivity index (χ4v) is 2.33. The molecule has 2 aromatic rings. The van der Waals surface area contributed by atoms with Crippen molar-refractivity contribution in [3.8, 4) is 0 Å². The van der Waals surface area contributed by atoms with Crippen LogP contribution in [0.4, 0.5) is 0 Å². The van der Waals surface area contributed by atoms with E-state index < -0.39 is 5.91 Å². The van der Waals surface area contributed by atoms with Crippen LogP contribution in [0.25, 0.3) is 0 Å². The second-order valence-electron chi connectivity index (χ2n) is 3.94. The van der Waals surface area contributed by atoms with E-state index in [0.29, 0.717) is 12.1 Å². The molecule has 0 aliphatic heterocycles. The first-order valence-electron chi connectivity index (χ1n) is 5.70. The van der Waals surface area contributed by atoms with Crippen LogP contribution in [0.3, 0.4) is 0 Å². The number of thiazole rings is 1. The number of aromatic nitrogens is 1. The first-order valence-corrected chi connectivity index (χ1v) is 6.58. The lowest BCUT2D eigenvalue weighted by atomic mass is 10.2. The van der Waals surface area contributed by atoms with Crippen molar-refractivity contribution in [3.63, 3.8) is 0 Å². The molecule has 19 heavy (non-hydrogen) atoms. The third-order valence-corrected chi connectivity index (χ3v) is 3.25. The molecule has 0 unspecified atom stereocenters. The zero-order valence-corrected chi connectivity index (χ0v) is 10.9. The first-order chi connectivity index (χ1) is 9.15. The van der Waals surface area contributed by atoms with Crippen molar-refractivity contribution in [1.29, 1.82) is 0 Å². The van der Waals surface area contributed by atoms with Gasteiger partial charge in [0, 0.05) is 11.8 Å². The van der Waals surface area contributed by atoms with Gasteiger partial charge in [-0.15, -0.1) is 11.3 Å². The Hall–Kier alpha value is -2.21. The van der Waals surface area contributed by atoms with Gasteiger partial charge in [0.2, 0.25) is 5.91 Å². The van der Waals surface area contributed by atoms with Crippen LogP contribution in [0.15, 0.2) is 35.7 Å². The molecule has 0 spiro atoms. The van der Waals surface area contributed by atoms with Crippen molar-refractivity contribution >= 4 is 23.2 Å². The molecule has 1 heterocycles. The van der Waals surface area contributed by atoms with Crippen LogP contribution < -0.4 is 11.1 Å². The molecule has 3 N–H and O–H groups in total. The Morgan fingerprint density at radius 3 is 2.68 bits per heavy atom. The molecule has 2 rings (SSSR count). The lowest BCUT2D eigenvalue weighted by Crippen LogP contribution is -2.33. The molecule has 0 bridgehead atoms. The molecule has 0 aliphatic carbocycles. The van der Waals surface area contributed by atoms with E-state index in [4.69, 9.17) is 5.73 Å². The van der Waals surface area contributed by atoms with Crippen LogP contribution in [-0.4, -0.2) is 23.3 Å². The maximum Gasteiger partial charge on any atom is 0.271 e. The van der Waals surface area contributed by atoms with Crippen LogP contribution in [0.5, 0.6) is 0 Å². The Morgan fingerprint density at radius 1 is 1.26 bits per heavy atom. The normalized spacial score (nSPS) is 10.1. The van der Waals surface area contributed by atoms with E-state index in [-0.39, 0.29) is 12.5 Å².